The third-order valence-corrected chi connectivity index (χ3v) is 4.37. The summed E-state index contributed by atoms with van der Waals surface area (Å²) in [6.45, 7) is 3.73. The molecule has 134 valence electrons. The van der Waals surface area contributed by atoms with Crippen molar-refractivity contribution in [3.05, 3.63) is 11.6 Å². The fourth-order valence-corrected chi connectivity index (χ4v) is 2.79. The van der Waals surface area contributed by atoms with E-state index in [1.54, 1.807) is 30.8 Å². The summed E-state index contributed by atoms with van der Waals surface area (Å²) in [5, 5.41) is 11.1. The Labute approximate surface area is 147 Å². The van der Waals surface area contributed by atoms with E-state index < -0.39 is 0 Å². The summed E-state index contributed by atoms with van der Waals surface area (Å²) in [6.07, 6.45) is 4.08. The van der Waals surface area contributed by atoms with Gasteiger partial charge in [0.25, 0.3) is 0 Å². The molecule has 24 heavy (non-hydrogen) atoms. The second-order valence-electron chi connectivity index (χ2n) is 5.95. The number of rotatable bonds is 6. The summed E-state index contributed by atoms with van der Waals surface area (Å²) in [5.74, 6) is 3.33. The van der Waals surface area contributed by atoms with E-state index in [9.17, 15) is 4.79 Å². The minimum absolute atomic E-state index is 0.0244. The van der Waals surface area contributed by atoms with Gasteiger partial charge in [-0.25, -0.2) is 14.7 Å². The van der Waals surface area contributed by atoms with Crippen LogP contribution in [0.15, 0.2) is 4.99 Å². The first-order valence-corrected chi connectivity index (χ1v) is 9.56. The standard InChI is InChI=1S/C15H27N7OS/c1-11-18-14-12(6-5-8-22(14)20-11)19-15(16-7-9-24-4)17-10-13(23)21(2)3/h12H,5-10H2,1-4H3,(H2,16,17,19). The summed E-state index contributed by atoms with van der Waals surface area (Å²) < 4.78 is 1.96. The van der Waals surface area contributed by atoms with Gasteiger partial charge in [0.05, 0.1) is 6.04 Å². The topological polar surface area (TPSA) is 87.4 Å². The Hall–Kier alpha value is -1.77. The number of guanidine groups is 1. The lowest BCUT2D eigenvalue weighted by Gasteiger charge is -2.25. The normalized spacial score (nSPS) is 17.3. The van der Waals surface area contributed by atoms with Crippen LogP contribution in [0.2, 0.25) is 0 Å². The molecule has 2 heterocycles. The second-order valence-corrected chi connectivity index (χ2v) is 6.94. The number of carbonyl (C=O) groups excluding carboxylic acids is 1. The monoisotopic (exact) mass is 353 g/mol. The average Bonchev–Trinajstić information content (AvgIpc) is 2.93. The van der Waals surface area contributed by atoms with Gasteiger partial charge in [0, 0.05) is 32.9 Å². The zero-order valence-corrected chi connectivity index (χ0v) is 15.7. The van der Waals surface area contributed by atoms with Crippen molar-refractivity contribution in [3.8, 4) is 0 Å². The van der Waals surface area contributed by atoms with Crippen LogP contribution in [-0.2, 0) is 11.3 Å². The minimum Gasteiger partial charge on any atom is -0.356 e. The number of hydrogen-bond acceptors (Lipinski definition) is 5. The van der Waals surface area contributed by atoms with Gasteiger partial charge in [-0.3, -0.25) is 4.79 Å². The van der Waals surface area contributed by atoms with E-state index in [-0.39, 0.29) is 18.5 Å². The molecule has 8 nitrogen and oxygen atoms in total. The van der Waals surface area contributed by atoms with Crippen molar-refractivity contribution in [2.24, 2.45) is 4.99 Å². The number of nitrogens with zero attached hydrogens (tertiary/aromatic N) is 5. The lowest BCUT2D eigenvalue weighted by molar-refractivity contribution is -0.127. The molecule has 0 saturated heterocycles. The van der Waals surface area contributed by atoms with E-state index >= 15 is 0 Å². The SMILES string of the molecule is CSCCNC(=NCC(=O)N(C)C)NC1CCCn2nc(C)nc21. The molecule has 0 bridgehead atoms. The third kappa shape index (κ3) is 5.12. The molecule has 1 atom stereocenters. The molecular weight excluding hydrogens is 326 g/mol. The molecular formula is C15H27N7OS. The quantitative estimate of drug-likeness (QED) is 0.437. The van der Waals surface area contributed by atoms with Crippen LogP contribution < -0.4 is 10.6 Å². The van der Waals surface area contributed by atoms with Gasteiger partial charge in [-0.05, 0) is 26.0 Å². The Balaban J connectivity index is 2.07. The van der Waals surface area contributed by atoms with E-state index in [1.165, 1.54) is 0 Å². The highest BCUT2D eigenvalue weighted by Gasteiger charge is 2.24. The highest BCUT2D eigenvalue weighted by molar-refractivity contribution is 7.98. The lowest BCUT2D eigenvalue weighted by atomic mass is 10.1. The highest BCUT2D eigenvalue weighted by Crippen LogP contribution is 2.22. The summed E-state index contributed by atoms with van der Waals surface area (Å²) >= 11 is 1.76. The van der Waals surface area contributed by atoms with Crippen LogP contribution in [0.4, 0.5) is 0 Å². The lowest BCUT2D eigenvalue weighted by Crippen LogP contribution is -2.43. The van der Waals surface area contributed by atoms with E-state index in [4.69, 9.17) is 0 Å². The van der Waals surface area contributed by atoms with E-state index in [1.807, 2.05) is 11.6 Å². The van der Waals surface area contributed by atoms with Crippen LogP contribution >= 0.6 is 11.8 Å². The van der Waals surface area contributed by atoms with Crippen LogP contribution in [0, 0.1) is 6.92 Å². The van der Waals surface area contributed by atoms with Crippen molar-refractivity contribution in [1.82, 2.24) is 30.3 Å². The van der Waals surface area contributed by atoms with Crippen molar-refractivity contribution in [2.75, 3.05) is 39.2 Å². The molecule has 0 radical (unpaired) electrons. The number of hydrogen-bond donors (Lipinski definition) is 2. The average molecular weight is 353 g/mol. The van der Waals surface area contributed by atoms with E-state index in [0.717, 1.165) is 43.3 Å². The molecule has 0 aromatic carbocycles. The zero-order valence-electron chi connectivity index (χ0n) is 14.9. The molecule has 2 N–H and O–H groups in total. The number of aryl methyl sites for hydroxylation is 2. The van der Waals surface area contributed by atoms with Gasteiger partial charge in [0.1, 0.15) is 18.2 Å². The van der Waals surface area contributed by atoms with Gasteiger partial charge in [0.2, 0.25) is 5.91 Å². The minimum atomic E-state index is -0.0244. The number of aromatic nitrogens is 3. The maximum atomic E-state index is 11.8. The predicted molar refractivity (Wildman–Crippen MR) is 97.3 cm³/mol. The molecule has 1 aliphatic heterocycles. The maximum Gasteiger partial charge on any atom is 0.243 e. The van der Waals surface area contributed by atoms with Crippen molar-refractivity contribution in [2.45, 2.75) is 32.4 Å². The number of nitrogens with one attached hydrogen (secondary N) is 2. The Bertz CT molecular complexity index is 584. The molecule has 0 fully saturated rings. The first kappa shape index (κ1) is 18.6. The summed E-state index contributed by atoms with van der Waals surface area (Å²) in [7, 11) is 3.47. The number of aliphatic imine (C=N–C) groups is 1. The van der Waals surface area contributed by atoms with E-state index in [2.05, 4.69) is 32.0 Å². The van der Waals surface area contributed by atoms with Crippen molar-refractivity contribution < 1.29 is 4.79 Å². The van der Waals surface area contributed by atoms with Gasteiger partial charge in [0.15, 0.2) is 5.96 Å². The molecule has 9 heteroatoms. The fraction of sp³-hybridized carbons (Fsp3) is 0.733. The molecule has 1 aromatic heterocycles. The molecule has 1 aromatic rings. The Kier molecular flexibility index (Phi) is 6.89. The fourth-order valence-electron chi connectivity index (χ4n) is 2.48. The summed E-state index contributed by atoms with van der Waals surface area (Å²) in [5.41, 5.74) is 0. The highest BCUT2D eigenvalue weighted by atomic mass is 32.2. The molecule has 1 aliphatic rings. The summed E-state index contributed by atoms with van der Waals surface area (Å²) in [4.78, 5) is 22.3. The predicted octanol–water partition coefficient (Wildman–Crippen LogP) is 0.408. The first-order chi connectivity index (χ1) is 11.5. The molecule has 1 unspecified atom stereocenters. The molecule has 0 spiro atoms. The third-order valence-electron chi connectivity index (χ3n) is 3.76. The summed E-state index contributed by atoms with van der Waals surface area (Å²) in [6, 6.07) is 0.0648. The molecule has 1 amide bonds. The van der Waals surface area contributed by atoms with Crippen LogP contribution in [0.1, 0.15) is 30.5 Å². The van der Waals surface area contributed by atoms with Gasteiger partial charge in [-0.1, -0.05) is 0 Å². The number of likely N-dealkylation sites (N-methyl/N-ethyl adjacent to an activating group) is 1. The van der Waals surface area contributed by atoms with Crippen LogP contribution in [-0.4, -0.2) is 70.7 Å². The van der Waals surface area contributed by atoms with E-state index in [0.29, 0.717) is 5.96 Å². The van der Waals surface area contributed by atoms with Gasteiger partial charge in [-0.15, -0.1) is 0 Å². The Morgan fingerprint density at radius 2 is 2.29 bits per heavy atom. The van der Waals surface area contributed by atoms with Crippen LogP contribution in [0.5, 0.6) is 0 Å². The Morgan fingerprint density at radius 3 is 3.00 bits per heavy atom. The Morgan fingerprint density at radius 1 is 1.50 bits per heavy atom. The first-order valence-electron chi connectivity index (χ1n) is 8.16. The maximum absolute atomic E-state index is 11.8. The van der Waals surface area contributed by atoms with Crippen molar-refractivity contribution in [3.63, 3.8) is 0 Å². The molecule has 0 saturated carbocycles. The second kappa shape index (κ2) is 8.91. The van der Waals surface area contributed by atoms with Gasteiger partial charge < -0.3 is 15.5 Å². The van der Waals surface area contributed by atoms with Crippen LogP contribution in [0.3, 0.4) is 0 Å². The van der Waals surface area contributed by atoms with Crippen LogP contribution in [0.25, 0.3) is 0 Å². The molecule has 2 rings (SSSR count). The largest absolute Gasteiger partial charge is 0.356 e. The smallest absolute Gasteiger partial charge is 0.243 e. The van der Waals surface area contributed by atoms with Crippen molar-refractivity contribution in [1.29, 1.82) is 0 Å². The number of fused-ring (bicyclic) bond motifs is 1. The number of amides is 1. The van der Waals surface area contributed by atoms with Gasteiger partial charge in [-0.2, -0.15) is 16.9 Å². The molecule has 0 aliphatic carbocycles. The number of carbonyl (C=O) groups is 1. The number of thioether (sulfide) groups is 1. The zero-order chi connectivity index (χ0) is 17.5. The van der Waals surface area contributed by atoms with Crippen molar-refractivity contribution >= 4 is 23.6 Å². The van der Waals surface area contributed by atoms with Gasteiger partial charge >= 0.3 is 0 Å².